The summed E-state index contributed by atoms with van der Waals surface area (Å²) in [5.74, 6) is -0.377. The second-order valence-corrected chi connectivity index (χ2v) is 6.55. The molecular formula is C12H9Br3N4O2. The molecule has 0 aliphatic heterocycles. The number of aromatic hydroxyl groups is 1. The van der Waals surface area contributed by atoms with Gasteiger partial charge in [0.1, 0.15) is 5.75 Å². The third-order valence-electron chi connectivity index (χ3n) is 2.48. The number of aryl methyl sites for hydroxylation is 1. The van der Waals surface area contributed by atoms with E-state index in [0.717, 1.165) is 5.69 Å². The Labute approximate surface area is 145 Å². The van der Waals surface area contributed by atoms with Crippen LogP contribution in [0.2, 0.25) is 0 Å². The summed E-state index contributed by atoms with van der Waals surface area (Å²) < 4.78 is 1.69. The number of H-pyrrole nitrogens is 1. The van der Waals surface area contributed by atoms with E-state index in [2.05, 4.69) is 68.5 Å². The number of amides is 1. The molecule has 0 saturated carbocycles. The molecule has 3 N–H and O–H groups in total. The average Bonchev–Trinajstić information content (AvgIpc) is 2.86. The molecule has 2 aromatic rings. The van der Waals surface area contributed by atoms with Crippen molar-refractivity contribution in [2.75, 3.05) is 0 Å². The van der Waals surface area contributed by atoms with Gasteiger partial charge in [-0.1, -0.05) is 15.9 Å². The number of aromatic nitrogens is 2. The third kappa shape index (κ3) is 3.72. The predicted molar refractivity (Wildman–Crippen MR) is 89.6 cm³/mol. The van der Waals surface area contributed by atoms with E-state index in [0.29, 0.717) is 19.0 Å². The molecule has 0 unspecified atom stereocenters. The lowest BCUT2D eigenvalue weighted by molar-refractivity contribution is 0.0950. The van der Waals surface area contributed by atoms with Crippen LogP contribution < -0.4 is 5.43 Å². The summed E-state index contributed by atoms with van der Waals surface area (Å²) in [6.07, 6.45) is 1.41. The number of benzene rings is 1. The summed E-state index contributed by atoms with van der Waals surface area (Å²) in [5, 5.41) is 20.2. The molecule has 0 atom stereocenters. The first-order valence-corrected chi connectivity index (χ1v) is 8.00. The van der Waals surface area contributed by atoms with Gasteiger partial charge in [-0.25, -0.2) is 5.43 Å². The molecule has 0 radical (unpaired) electrons. The van der Waals surface area contributed by atoms with Gasteiger partial charge in [0.05, 0.1) is 15.2 Å². The lowest BCUT2D eigenvalue weighted by atomic mass is 10.2. The maximum atomic E-state index is 11.8. The summed E-state index contributed by atoms with van der Waals surface area (Å²) in [7, 11) is 0. The first-order valence-electron chi connectivity index (χ1n) is 5.62. The highest BCUT2D eigenvalue weighted by atomic mass is 79.9. The zero-order valence-corrected chi connectivity index (χ0v) is 15.4. The molecular weight excluding hydrogens is 472 g/mol. The van der Waals surface area contributed by atoms with Crippen LogP contribution in [0.4, 0.5) is 0 Å². The smallest absolute Gasteiger partial charge is 0.291 e. The summed E-state index contributed by atoms with van der Waals surface area (Å²) >= 11 is 9.84. The summed E-state index contributed by atoms with van der Waals surface area (Å²) in [4.78, 5) is 11.8. The van der Waals surface area contributed by atoms with Crippen molar-refractivity contribution in [3.63, 3.8) is 0 Å². The molecule has 6 nitrogen and oxygen atoms in total. The van der Waals surface area contributed by atoms with Crippen LogP contribution >= 0.6 is 47.8 Å². The van der Waals surface area contributed by atoms with Gasteiger partial charge in [0.15, 0.2) is 5.69 Å². The molecule has 0 saturated heterocycles. The number of rotatable bonds is 3. The molecule has 9 heteroatoms. The van der Waals surface area contributed by atoms with Gasteiger partial charge in [0, 0.05) is 15.7 Å². The number of carbonyl (C=O) groups is 1. The molecule has 2 rings (SSSR count). The van der Waals surface area contributed by atoms with Gasteiger partial charge >= 0.3 is 0 Å². The molecule has 1 aromatic heterocycles. The Morgan fingerprint density at radius 2 is 2.10 bits per heavy atom. The van der Waals surface area contributed by atoms with E-state index >= 15 is 0 Å². The Balaban J connectivity index is 2.15. The summed E-state index contributed by atoms with van der Waals surface area (Å²) in [5.41, 5.74) is 3.99. The number of aromatic amines is 1. The van der Waals surface area contributed by atoms with Gasteiger partial charge in [-0.2, -0.15) is 10.2 Å². The zero-order valence-electron chi connectivity index (χ0n) is 10.6. The molecule has 0 bridgehead atoms. The molecule has 1 amide bonds. The lowest BCUT2D eigenvalue weighted by Crippen LogP contribution is -2.18. The average molecular weight is 481 g/mol. The van der Waals surface area contributed by atoms with E-state index in [1.54, 1.807) is 19.1 Å². The van der Waals surface area contributed by atoms with E-state index in [9.17, 15) is 9.90 Å². The topological polar surface area (TPSA) is 90.4 Å². The van der Waals surface area contributed by atoms with Gasteiger partial charge in [-0.05, 0) is 50.9 Å². The van der Waals surface area contributed by atoms with Crippen molar-refractivity contribution in [1.29, 1.82) is 0 Å². The number of carbonyl (C=O) groups excluding carboxylic acids is 1. The number of phenolic OH excluding ortho intramolecular Hbond substituents is 1. The molecule has 0 fully saturated rings. The maximum absolute atomic E-state index is 11.8. The first kappa shape index (κ1) is 16.2. The van der Waals surface area contributed by atoms with Crippen molar-refractivity contribution < 1.29 is 9.90 Å². The van der Waals surface area contributed by atoms with E-state index < -0.39 is 5.91 Å². The number of phenols is 1. The van der Waals surface area contributed by atoms with Crippen LogP contribution in [-0.2, 0) is 0 Å². The van der Waals surface area contributed by atoms with E-state index in [1.807, 2.05) is 0 Å². The van der Waals surface area contributed by atoms with Crippen LogP contribution in [0.1, 0.15) is 21.7 Å². The quantitative estimate of drug-likeness (QED) is 0.464. The molecule has 0 aliphatic rings. The molecule has 1 aromatic carbocycles. The molecule has 21 heavy (non-hydrogen) atoms. The Kier molecular flexibility index (Phi) is 5.17. The van der Waals surface area contributed by atoms with Crippen LogP contribution in [0.15, 0.2) is 30.7 Å². The lowest BCUT2D eigenvalue weighted by Gasteiger charge is -2.06. The maximum Gasteiger partial charge on any atom is 0.291 e. The SMILES string of the molecule is Cc1cc(C(=O)NN=Cc2c(Br)cc(Br)c(O)c2Br)n[nH]1. The fraction of sp³-hybridized carbons (Fsp3) is 0.0833. The fourth-order valence-electron chi connectivity index (χ4n) is 1.46. The van der Waals surface area contributed by atoms with E-state index in [-0.39, 0.29) is 11.4 Å². The van der Waals surface area contributed by atoms with E-state index in [1.165, 1.54) is 6.21 Å². The fourth-order valence-corrected chi connectivity index (χ4v) is 3.79. The number of hydrogen-bond donors (Lipinski definition) is 3. The normalized spacial score (nSPS) is 11.0. The number of nitrogens with one attached hydrogen (secondary N) is 2. The third-order valence-corrected chi connectivity index (χ3v) is 4.54. The van der Waals surface area contributed by atoms with Crippen LogP contribution in [0.5, 0.6) is 5.75 Å². The Hall–Kier alpha value is -1.19. The minimum atomic E-state index is -0.427. The predicted octanol–water partition coefficient (Wildman–Crippen LogP) is 3.48. The van der Waals surface area contributed by atoms with Crippen molar-refractivity contribution in [2.24, 2.45) is 5.10 Å². The minimum Gasteiger partial charge on any atom is -0.506 e. The summed E-state index contributed by atoms with van der Waals surface area (Å²) in [6, 6.07) is 3.29. The Morgan fingerprint density at radius 3 is 2.71 bits per heavy atom. The van der Waals surface area contributed by atoms with Crippen LogP contribution in [0.3, 0.4) is 0 Å². The van der Waals surface area contributed by atoms with Crippen LogP contribution in [0, 0.1) is 6.92 Å². The Morgan fingerprint density at radius 1 is 1.38 bits per heavy atom. The molecule has 0 aliphatic carbocycles. The van der Waals surface area contributed by atoms with Crippen LogP contribution in [-0.4, -0.2) is 27.4 Å². The Bertz CT molecular complexity index is 728. The first-order chi connectivity index (χ1) is 9.90. The molecule has 1 heterocycles. The standard InChI is InChI=1S/C12H9Br3N4O2/c1-5-2-9(18-17-5)12(21)19-16-4-6-7(13)3-8(14)11(20)10(6)15/h2-4,20H,1H3,(H,17,18)(H,19,21). The van der Waals surface area contributed by atoms with Gasteiger partial charge in [-0.15, -0.1) is 0 Å². The highest BCUT2D eigenvalue weighted by molar-refractivity contribution is 9.11. The van der Waals surface area contributed by atoms with Gasteiger partial charge < -0.3 is 5.11 Å². The molecule has 0 spiro atoms. The summed E-state index contributed by atoms with van der Waals surface area (Å²) in [6.45, 7) is 1.80. The van der Waals surface area contributed by atoms with Crippen molar-refractivity contribution in [2.45, 2.75) is 6.92 Å². The number of halogens is 3. The minimum absolute atomic E-state index is 0.0499. The number of hydrazone groups is 1. The monoisotopic (exact) mass is 478 g/mol. The molecule has 110 valence electrons. The van der Waals surface area contributed by atoms with Crippen molar-refractivity contribution in [1.82, 2.24) is 15.6 Å². The van der Waals surface area contributed by atoms with Crippen molar-refractivity contribution in [3.05, 3.63) is 42.5 Å². The van der Waals surface area contributed by atoms with Gasteiger partial charge in [0.25, 0.3) is 5.91 Å². The van der Waals surface area contributed by atoms with Crippen molar-refractivity contribution in [3.8, 4) is 5.75 Å². The van der Waals surface area contributed by atoms with Gasteiger partial charge in [-0.3, -0.25) is 9.89 Å². The number of nitrogens with zero attached hydrogens (tertiary/aromatic N) is 2. The van der Waals surface area contributed by atoms with Crippen molar-refractivity contribution >= 4 is 59.9 Å². The highest BCUT2D eigenvalue weighted by Crippen LogP contribution is 2.38. The highest BCUT2D eigenvalue weighted by Gasteiger charge is 2.12. The zero-order chi connectivity index (χ0) is 15.6. The van der Waals surface area contributed by atoms with Gasteiger partial charge in [0.2, 0.25) is 0 Å². The second kappa shape index (κ2) is 6.71. The second-order valence-electron chi connectivity index (χ2n) is 4.05. The van der Waals surface area contributed by atoms with Crippen LogP contribution in [0.25, 0.3) is 0 Å². The largest absolute Gasteiger partial charge is 0.506 e. The van der Waals surface area contributed by atoms with E-state index in [4.69, 9.17) is 0 Å². The number of hydrogen-bond acceptors (Lipinski definition) is 4.